The summed E-state index contributed by atoms with van der Waals surface area (Å²) < 4.78 is -0.256. The van der Waals surface area contributed by atoms with Gasteiger partial charge in [0.1, 0.15) is 4.08 Å². The summed E-state index contributed by atoms with van der Waals surface area (Å²) in [7, 11) is 0. The van der Waals surface area contributed by atoms with E-state index in [4.69, 9.17) is 11.6 Å². The fraction of sp³-hybridized carbons (Fsp3) is 0.200. The minimum atomic E-state index is -0.256. The molecule has 3 rings (SSSR count). The van der Waals surface area contributed by atoms with Gasteiger partial charge in [-0.3, -0.25) is 0 Å². The van der Waals surface area contributed by atoms with Gasteiger partial charge in [-0.05, 0) is 41.4 Å². The first-order valence-electron chi connectivity index (χ1n) is 6.21. The molecule has 2 nitrogen and oxygen atoms in total. The van der Waals surface area contributed by atoms with Gasteiger partial charge < -0.3 is 0 Å². The predicted molar refractivity (Wildman–Crippen MR) is 88.1 cm³/mol. The third-order valence-electron chi connectivity index (χ3n) is 3.45. The standard InChI is InChI=1S/C15H13ClN2S2/c1-10-11(2)14(16)18-17-13(10)15(19-8-9-20-15)12-6-4-3-5-7-12/h3-9H,1-2H3. The van der Waals surface area contributed by atoms with E-state index in [2.05, 4.69) is 52.2 Å². The molecule has 0 saturated heterocycles. The summed E-state index contributed by atoms with van der Waals surface area (Å²) >= 11 is 9.60. The summed E-state index contributed by atoms with van der Waals surface area (Å²) in [5, 5.41) is 13.2. The van der Waals surface area contributed by atoms with Gasteiger partial charge in [-0.15, -0.1) is 28.6 Å². The Balaban J connectivity index is 2.21. The number of rotatable bonds is 2. The number of nitrogens with zero attached hydrogens (tertiary/aromatic N) is 2. The Morgan fingerprint density at radius 1 is 0.950 bits per heavy atom. The Kier molecular flexibility index (Phi) is 3.80. The zero-order chi connectivity index (χ0) is 14.2. The topological polar surface area (TPSA) is 25.8 Å². The van der Waals surface area contributed by atoms with Crippen LogP contribution in [0.1, 0.15) is 22.4 Å². The van der Waals surface area contributed by atoms with Gasteiger partial charge >= 0.3 is 0 Å². The first kappa shape index (κ1) is 14.0. The third kappa shape index (κ3) is 2.16. The molecule has 0 aliphatic carbocycles. The summed E-state index contributed by atoms with van der Waals surface area (Å²) in [4.78, 5) is 0. The van der Waals surface area contributed by atoms with E-state index in [1.165, 1.54) is 5.56 Å². The molecule has 0 atom stereocenters. The summed E-state index contributed by atoms with van der Waals surface area (Å²) in [5.41, 5.74) is 4.31. The monoisotopic (exact) mass is 320 g/mol. The van der Waals surface area contributed by atoms with Crippen LogP contribution in [-0.2, 0) is 4.08 Å². The lowest BCUT2D eigenvalue weighted by atomic mass is 10.0. The smallest absolute Gasteiger partial charge is 0.151 e. The molecule has 0 bridgehead atoms. The highest BCUT2D eigenvalue weighted by molar-refractivity contribution is 8.23. The lowest BCUT2D eigenvalue weighted by molar-refractivity contribution is 0.871. The highest BCUT2D eigenvalue weighted by atomic mass is 35.5. The van der Waals surface area contributed by atoms with Gasteiger partial charge in [0.15, 0.2) is 5.15 Å². The van der Waals surface area contributed by atoms with Crippen molar-refractivity contribution in [3.05, 3.63) is 68.7 Å². The maximum absolute atomic E-state index is 6.08. The average molecular weight is 321 g/mol. The maximum Gasteiger partial charge on any atom is 0.154 e. The van der Waals surface area contributed by atoms with Crippen LogP contribution in [0.2, 0.25) is 5.15 Å². The summed E-state index contributed by atoms with van der Waals surface area (Å²) in [6.45, 7) is 4.06. The predicted octanol–water partition coefficient (Wildman–Crippen LogP) is 4.90. The van der Waals surface area contributed by atoms with Crippen LogP contribution >= 0.6 is 35.1 Å². The summed E-state index contributed by atoms with van der Waals surface area (Å²) in [6.07, 6.45) is 0. The van der Waals surface area contributed by atoms with Gasteiger partial charge in [-0.25, -0.2) is 0 Å². The Hall–Kier alpha value is -0.970. The molecule has 0 radical (unpaired) electrons. The number of hydrogen-bond acceptors (Lipinski definition) is 4. The van der Waals surface area contributed by atoms with Gasteiger partial charge in [0.05, 0.1) is 5.69 Å². The van der Waals surface area contributed by atoms with Crippen molar-refractivity contribution < 1.29 is 0 Å². The minimum absolute atomic E-state index is 0.256. The Labute approximate surface area is 132 Å². The number of aromatic nitrogens is 2. The van der Waals surface area contributed by atoms with Crippen LogP contribution in [0.4, 0.5) is 0 Å². The zero-order valence-electron chi connectivity index (χ0n) is 11.1. The summed E-state index contributed by atoms with van der Waals surface area (Å²) in [5.74, 6) is 0. The molecule has 2 aromatic rings. The van der Waals surface area contributed by atoms with Gasteiger partial charge in [0.25, 0.3) is 0 Å². The van der Waals surface area contributed by atoms with E-state index in [9.17, 15) is 0 Å². The van der Waals surface area contributed by atoms with E-state index in [1.54, 1.807) is 23.5 Å². The van der Waals surface area contributed by atoms with Gasteiger partial charge in [0.2, 0.25) is 0 Å². The highest BCUT2D eigenvalue weighted by Gasteiger charge is 2.40. The second-order valence-electron chi connectivity index (χ2n) is 4.58. The second kappa shape index (κ2) is 5.43. The quantitative estimate of drug-likeness (QED) is 0.786. The Bertz CT molecular complexity index is 663. The normalized spacial score (nSPS) is 16.6. The molecule has 5 heteroatoms. The van der Waals surface area contributed by atoms with Crippen molar-refractivity contribution in [1.82, 2.24) is 10.2 Å². The average Bonchev–Trinajstić information content (AvgIpc) is 2.96. The van der Waals surface area contributed by atoms with Crippen molar-refractivity contribution in [1.29, 1.82) is 0 Å². The molecule has 0 fully saturated rings. The first-order chi connectivity index (χ1) is 9.65. The molecule has 102 valence electrons. The molecule has 1 aliphatic heterocycles. The fourth-order valence-corrected chi connectivity index (χ4v) is 4.92. The van der Waals surface area contributed by atoms with E-state index in [-0.39, 0.29) is 4.08 Å². The van der Waals surface area contributed by atoms with Gasteiger partial charge in [-0.2, -0.15) is 5.10 Å². The summed E-state index contributed by atoms with van der Waals surface area (Å²) in [6, 6.07) is 10.4. The minimum Gasteiger partial charge on any atom is -0.151 e. The zero-order valence-corrected chi connectivity index (χ0v) is 13.5. The van der Waals surface area contributed by atoms with E-state index in [0.717, 1.165) is 16.8 Å². The maximum atomic E-state index is 6.08. The molecule has 20 heavy (non-hydrogen) atoms. The van der Waals surface area contributed by atoms with Crippen LogP contribution in [0.25, 0.3) is 0 Å². The SMILES string of the molecule is Cc1c(Cl)nnc(C2(c3ccccc3)SC=CS2)c1C. The highest BCUT2D eigenvalue weighted by Crippen LogP contribution is 2.57. The van der Waals surface area contributed by atoms with Crippen LogP contribution in [0.3, 0.4) is 0 Å². The van der Waals surface area contributed by atoms with E-state index >= 15 is 0 Å². The largest absolute Gasteiger partial charge is 0.154 e. The number of thioether (sulfide) groups is 2. The van der Waals surface area contributed by atoms with Crippen LogP contribution in [0.5, 0.6) is 0 Å². The van der Waals surface area contributed by atoms with E-state index in [0.29, 0.717) is 5.15 Å². The van der Waals surface area contributed by atoms with Crippen LogP contribution in [0.15, 0.2) is 41.1 Å². The van der Waals surface area contributed by atoms with Crippen molar-refractivity contribution >= 4 is 35.1 Å². The Morgan fingerprint density at radius 2 is 1.60 bits per heavy atom. The second-order valence-corrected chi connectivity index (χ2v) is 7.44. The molecule has 1 aromatic carbocycles. The number of halogens is 1. The van der Waals surface area contributed by atoms with Crippen molar-refractivity contribution in [2.24, 2.45) is 0 Å². The first-order valence-corrected chi connectivity index (χ1v) is 8.35. The molecule has 0 saturated carbocycles. The van der Waals surface area contributed by atoms with Crippen molar-refractivity contribution in [2.75, 3.05) is 0 Å². The van der Waals surface area contributed by atoms with Crippen LogP contribution in [0, 0.1) is 13.8 Å². The van der Waals surface area contributed by atoms with Crippen molar-refractivity contribution in [3.8, 4) is 0 Å². The molecule has 1 aromatic heterocycles. The third-order valence-corrected chi connectivity index (χ3v) is 6.63. The van der Waals surface area contributed by atoms with Gasteiger partial charge in [-0.1, -0.05) is 41.9 Å². The number of hydrogen-bond donors (Lipinski definition) is 0. The van der Waals surface area contributed by atoms with Crippen LogP contribution < -0.4 is 0 Å². The van der Waals surface area contributed by atoms with Crippen molar-refractivity contribution in [2.45, 2.75) is 17.9 Å². The molecule has 0 amide bonds. The van der Waals surface area contributed by atoms with E-state index < -0.39 is 0 Å². The molecular weight excluding hydrogens is 308 g/mol. The number of benzene rings is 1. The van der Waals surface area contributed by atoms with E-state index in [1.807, 2.05) is 13.0 Å². The molecule has 0 N–H and O–H groups in total. The molecule has 2 heterocycles. The fourth-order valence-electron chi connectivity index (χ4n) is 2.21. The lowest BCUT2D eigenvalue weighted by Crippen LogP contribution is -2.21. The lowest BCUT2D eigenvalue weighted by Gasteiger charge is -2.28. The molecular formula is C15H13ClN2S2. The van der Waals surface area contributed by atoms with Gasteiger partial charge in [0, 0.05) is 0 Å². The Morgan fingerprint density at radius 3 is 2.25 bits per heavy atom. The molecule has 1 aliphatic rings. The van der Waals surface area contributed by atoms with Crippen molar-refractivity contribution in [3.63, 3.8) is 0 Å². The molecule has 0 unspecified atom stereocenters. The molecule has 0 spiro atoms. The van der Waals surface area contributed by atoms with Crippen LogP contribution in [-0.4, -0.2) is 10.2 Å².